The van der Waals surface area contributed by atoms with Crippen LogP contribution in [0.25, 0.3) is 0 Å². The van der Waals surface area contributed by atoms with Crippen LogP contribution in [0, 0.1) is 17.3 Å². The fourth-order valence-corrected chi connectivity index (χ4v) is 4.80. The molecule has 4 unspecified atom stereocenters. The third kappa shape index (κ3) is 2.01. The van der Waals surface area contributed by atoms with Gasteiger partial charge in [-0.05, 0) is 63.4 Å². The van der Waals surface area contributed by atoms with Crippen molar-refractivity contribution < 1.29 is 4.74 Å². The highest BCUT2D eigenvalue weighted by Gasteiger charge is 2.66. The maximum absolute atomic E-state index is 6.56. The van der Waals surface area contributed by atoms with Gasteiger partial charge in [-0.25, -0.2) is 0 Å². The largest absolute Gasteiger partial charge is 0.367 e. The van der Waals surface area contributed by atoms with Crippen LogP contribution in [0.4, 0.5) is 0 Å². The Kier molecular flexibility index (Phi) is 3.40. The Morgan fingerprint density at radius 3 is 2.75 bits per heavy atom. The molecule has 112 valence electrons. The molecule has 1 saturated carbocycles. The van der Waals surface area contributed by atoms with Crippen molar-refractivity contribution in [1.82, 2.24) is 0 Å². The van der Waals surface area contributed by atoms with Gasteiger partial charge in [-0.1, -0.05) is 38.5 Å². The maximum atomic E-state index is 6.56. The molecule has 1 nitrogen and oxygen atoms in total. The smallest absolute Gasteiger partial charge is 0.0890 e. The van der Waals surface area contributed by atoms with Crippen LogP contribution in [-0.4, -0.2) is 11.7 Å². The van der Waals surface area contributed by atoms with Gasteiger partial charge >= 0.3 is 0 Å². The molecule has 3 aliphatic rings. The lowest BCUT2D eigenvalue weighted by atomic mass is 9.70. The molecule has 1 saturated heterocycles. The Morgan fingerprint density at radius 2 is 2.10 bits per heavy atom. The van der Waals surface area contributed by atoms with Gasteiger partial charge < -0.3 is 4.74 Å². The van der Waals surface area contributed by atoms with Crippen LogP contribution in [-0.2, 0) is 4.74 Å². The Bertz CT molecular complexity index is 445. The van der Waals surface area contributed by atoms with Crippen molar-refractivity contribution in [2.24, 2.45) is 17.3 Å². The van der Waals surface area contributed by atoms with Gasteiger partial charge in [0, 0.05) is 5.41 Å². The standard InChI is InChI=1S/C19H30O/c1-6-8-9-15-13(3)16-12-19(16)11-10-18(4,5)20-17(19)14(15)7-2/h7,13,16-17H,2,6,8-12H2,1,3-5H3. The highest BCUT2D eigenvalue weighted by atomic mass is 16.5. The van der Waals surface area contributed by atoms with Crippen LogP contribution in [0.2, 0.25) is 0 Å². The lowest BCUT2D eigenvalue weighted by molar-refractivity contribution is -0.134. The molecule has 0 aromatic heterocycles. The third-order valence-electron chi connectivity index (χ3n) is 6.16. The van der Waals surface area contributed by atoms with Crippen molar-refractivity contribution >= 4 is 0 Å². The van der Waals surface area contributed by atoms with Crippen LogP contribution in [0.1, 0.15) is 66.2 Å². The molecule has 0 radical (unpaired) electrons. The summed E-state index contributed by atoms with van der Waals surface area (Å²) in [5, 5.41) is 0. The topological polar surface area (TPSA) is 9.23 Å². The molecular weight excluding hydrogens is 244 g/mol. The van der Waals surface area contributed by atoms with Crippen molar-refractivity contribution in [3.63, 3.8) is 0 Å². The highest BCUT2D eigenvalue weighted by Crippen LogP contribution is 2.70. The monoisotopic (exact) mass is 274 g/mol. The Labute approximate surface area is 124 Å². The first-order valence-corrected chi connectivity index (χ1v) is 8.48. The van der Waals surface area contributed by atoms with E-state index in [9.17, 15) is 0 Å². The first-order chi connectivity index (χ1) is 9.45. The molecule has 1 spiro atoms. The molecular formula is C19H30O. The van der Waals surface area contributed by atoms with Crippen LogP contribution >= 0.6 is 0 Å². The van der Waals surface area contributed by atoms with E-state index in [-0.39, 0.29) is 5.60 Å². The first kappa shape index (κ1) is 14.4. The molecule has 3 rings (SSSR count). The molecule has 2 aliphatic carbocycles. The van der Waals surface area contributed by atoms with E-state index >= 15 is 0 Å². The van der Waals surface area contributed by atoms with Gasteiger partial charge in [-0.2, -0.15) is 0 Å². The van der Waals surface area contributed by atoms with Crippen LogP contribution in [0.5, 0.6) is 0 Å². The molecule has 0 bridgehead atoms. The minimum Gasteiger partial charge on any atom is -0.367 e. The van der Waals surface area contributed by atoms with Crippen LogP contribution < -0.4 is 0 Å². The number of unbranched alkanes of at least 4 members (excludes halogenated alkanes) is 1. The number of rotatable bonds is 4. The second-order valence-electron chi connectivity index (χ2n) is 7.88. The van der Waals surface area contributed by atoms with E-state index in [2.05, 4.69) is 40.3 Å². The lowest BCUT2D eigenvalue weighted by Crippen LogP contribution is -2.46. The lowest BCUT2D eigenvalue weighted by Gasteiger charge is -2.47. The van der Waals surface area contributed by atoms with Crippen molar-refractivity contribution in [3.8, 4) is 0 Å². The van der Waals surface area contributed by atoms with E-state index in [4.69, 9.17) is 4.74 Å². The Balaban J connectivity index is 1.96. The van der Waals surface area contributed by atoms with E-state index in [1.54, 1.807) is 5.57 Å². The summed E-state index contributed by atoms with van der Waals surface area (Å²) in [4.78, 5) is 0. The van der Waals surface area contributed by atoms with E-state index in [0.717, 1.165) is 11.8 Å². The fraction of sp³-hybridized carbons (Fsp3) is 0.789. The van der Waals surface area contributed by atoms with E-state index in [0.29, 0.717) is 11.5 Å². The second kappa shape index (κ2) is 4.73. The number of allylic oxidation sites excluding steroid dienone is 1. The van der Waals surface area contributed by atoms with Gasteiger partial charge in [0.05, 0.1) is 11.7 Å². The van der Waals surface area contributed by atoms with Gasteiger partial charge in [0.1, 0.15) is 0 Å². The SMILES string of the molecule is C=CC1=C(CCCC)C(C)C2CC23CCC(C)(C)OC13. The van der Waals surface area contributed by atoms with E-state index < -0.39 is 0 Å². The molecule has 2 fully saturated rings. The number of hydrogen-bond donors (Lipinski definition) is 0. The predicted molar refractivity (Wildman–Crippen MR) is 84.6 cm³/mol. The summed E-state index contributed by atoms with van der Waals surface area (Å²) < 4.78 is 6.56. The Hall–Kier alpha value is -0.560. The summed E-state index contributed by atoms with van der Waals surface area (Å²) in [6.45, 7) is 13.4. The van der Waals surface area contributed by atoms with E-state index in [1.807, 2.05) is 0 Å². The second-order valence-corrected chi connectivity index (χ2v) is 7.88. The first-order valence-electron chi connectivity index (χ1n) is 8.48. The fourth-order valence-electron chi connectivity index (χ4n) is 4.80. The minimum atomic E-state index is 0.0355. The van der Waals surface area contributed by atoms with Crippen LogP contribution in [0.15, 0.2) is 23.8 Å². The normalized spacial score (nSPS) is 41.9. The van der Waals surface area contributed by atoms with Gasteiger partial charge in [0.25, 0.3) is 0 Å². The van der Waals surface area contributed by atoms with Gasteiger partial charge in [0.2, 0.25) is 0 Å². The molecule has 1 aliphatic heterocycles. The molecule has 1 heteroatoms. The van der Waals surface area contributed by atoms with E-state index in [1.165, 1.54) is 44.1 Å². The molecule has 0 aromatic rings. The average Bonchev–Trinajstić information content (AvgIpc) is 3.13. The van der Waals surface area contributed by atoms with Gasteiger partial charge in [-0.15, -0.1) is 0 Å². The molecule has 1 heterocycles. The summed E-state index contributed by atoms with van der Waals surface area (Å²) in [5.41, 5.74) is 3.61. The van der Waals surface area contributed by atoms with Crippen LogP contribution in [0.3, 0.4) is 0 Å². The molecule has 4 atom stereocenters. The Morgan fingerprint density at radius 1 is 1.35 bits per heavy atom. The summed E-state index contributed by atoms with van der Waals surface area (Å²) in [6, 6.07) is 0. The average molecular weight is 274 g/mol. The minimum absolute atomic E-state index is 0.0355. The van der Waals surface area contributed by atoms with Gasteiger partial charge in [-0.3, -0.25) is 0 Å². The third-order valence-corrected chi connectivity index (χ3v) is 6.16. The molecule has 0 N–H and O–H groups in total. The zero-order valence-corrected chi connectivity index (χ0v) is 13.7. The highest BCUT2D eigenvalue weighted by molar-refractivity contribution is 5.41. The summed E-state index contributed by atoms with van der Waals surface area (Å²) in [7, 11) is 0. The predicted octanol–water partition coefficient (Wildman–Crippen LogP) is 5.27. The zero-order valence-electron chi connectivity index (χ0n) is 13.7. The quantitative estimate of drug-likeness (QED) is 0.678. The summed E-state index contributed by atoms with van der Waals surface area (Å²) >= 11 is 0. The van der Waals surface area contributed by atoms with Gasteiger partial charge in [0.15, 0.2) is 0 Å². The van der Waals surface area contributed by atoms with Crippen molar-refractivity contribution in [1.29, 1.82) is 0 Å². The molecule has 0 amide bonds. The zero-order chi connectivity index (χ0) is 14.5. The van der Waals surface area contributed by atoms with Crippen molar-refractivity contribution in [3.05, 3.63) is 23.8 Å². The number of hydrogen-bond acceptors (Lipinski definition) is 1. The number of ether oxygens (including phenoxy) is 1. The van der Waals surface area contributed by atoms with Crippen molar-refractivity contribution in [2.45, 2.75) is 77.9 Å². The van der Waals surface area contributed by atoms with Crippen molar-refractivity contribution in [2.75, 3.05) is 0 Å². The molecule has 0 aromatic carbocycles. The summed E-state index contributed by atoms with van der Waals surface area (Å²) in [5.74, 6) is 1.62. The maximum Gasteiger partial charge on any atom is 0.0890 e. The molecule has 20 heavy (non-hydrogen) atoms. The summed E-state index contributed by atoms with van der Waals surface area (Å²) in [6.07, 6.45) is 10.2.